The van der Waals surface area contributed by atoms with Crippen LogP contribution in [0.4, 0.5) is 35.0 Å². The van der Waals surface area contributed by atoms with Crippen LogP contribution in [0.5, 0.6) is 0 Å². The summed E-state index contributed by atoms with van der Waals surface area (Å²) in [6.07, 6.45) is 13.6. The molecule has 4 aliphatic rings. The van der Waals surface area contributed by atoms with Gasteiger partial charge in [-0.05, 0) is 108 Å². The number of hydrogen-bond donors (Lipinski definition) is 1. The van der Waals surface area contributed by atoms with Crippen LogP contribution in [0.3, 0.4) is 0 Å². The van der Waals surface area contributed by atoms with Crippen LogP contribution in [-0.2, 0) is 4.74 Å². The summed E-state index contributed by atoms with van der Waals surface area (Å²) < 4.78 is 44.5. The van der Waals surface area contributed by atoms with E-state index in [2.05, 4.69) is 5.32 Å². The molecule has 1 saturated carbocycles. The first-order valence-electron chi connectivity index (χ1n) is 17.6. The second-order valence-corrected chi connectivity index (χ2v) is 15.0. The number of nitro benzene ring substituents is 2. The molecule has 0 bridgehead atoms. The number of anilines is 1. The molecule has 276 valence electrons. The number of carbonyl (C=O) groups is 1. The van der Waals surface area contributed by atoms with Crippen LogP contribution in [0.15, 0.2) is 36.4 Å². The van der Waals surface area contributed by atoms with Gasteiger partial charge in [0.1, 0.15) is 5.60 Å². The Balaban J connectivity index is 0.000000207. The van der Waals surface area contributed by atoms with Gasteiger partial charge in [0.15, 0.2) is 17.3 Å². The number of para-hydroxylation sites is 1. The van der Waals surface area contributed by atoms with Gasteiger partial charge in [-0.25, -0.2) is 13.6 Å². The summed E-state index contributed by atoms with van der Waals surface area (Å²) in [5.74, 6) is -3.19. The quantitative estimate of drug-likeness (QED) is 0.248. The highest BCUT2D eigenvalue weighted by Crippen LogP contribution is 2.44. The number of likely N-dealkylation sites (tertiary alicyclic amines) is 1. The Kier molecular flexibility index (Phi) is 13.1. The fourth-order valence-electron chi connectivity index (χ4n) is 7.66. The number of hydrogen-bond acceptors (Lipinski definition) is 8. The average Bonchev–Trinajstić information content (AvgIpc) is 3.07. The summed E-state index contributed by atoms with van der Waals surface area (Å²) in [7, 11) is 0. The van der Waals surface area contributed by atoms with Gasteiger partial charge < -0.3 is 19.9 Å². The van der Waals surface area contributed by atoms with Gasteiger partial charge in [0, 0.05) is 38.3 Å². The van der Waals surface area contributed by atoms with Crippen molar-refractivity contribution in [3.8, 4) is 0 Å². The highest BCUT2D eigenvalue weighted by atomic mass is 19.2. The zero-order valence-electron chi connectivity index (χ0n) is 29.4. The molecule has 2 aromatic rings. The lowest BCUT2D eigenvalue weighted by atomic mass is 9.68. The second-order valence-electron chi connectivity index (χ2n) is 15.0. The first-order valence-corrected chi connectivity index (χ1v) is 17.6. The van der Waals surface area contributed by atoms with Gasteiger partial charge in [0.25, 0.3) is 5.69 Å². The third-order valence-corrected chi connectivity index (χ3v) is 10.3. The molecule has 1 aliphatic carbocycles. The first kappa shape index (κ1) is 38.9. The molecular formula is C36H50F3N5O6. The highest BCUT2D eigenvalue weighted by Gasteiger charge is 2.42. The van der Waals surface area contributed by atoms with Crippen molar-refractivity contribution in [2.75, 3.05) is 44.2 Å². The van der Waals surface area contributed by atoms with Gasteiger partial charge in [0.2, 0.25) is 5.82 Å². The maximum atomic E-state index is 14.3. The number of halogens is 3. The summed E-state index contributed by atoms with van der Waals surface area (Å²) in [6.45, 7) is 10.5. The summed E-state index contributed by atoms with van der Waals surface area (Å²) in [5.41, 5.74) is -0.744. The van der Waals surface area contributed by atoms with E-state index < -0.39 is 38.6 Å². The number of benzene rings is 2. The third-order valence-electron chi connectivity index (χ3n) is 10.3. The Morgan fingerprint density at radius 1 is 0.760 bits per heavy atom. The lowest BCUT2D eigenvalue weighted by molar-refractivity contribution is -0.387. The predicted molar refractivity (Wildman–Crippen MR) is 185 cm³/mol. The number of rotatable bonds is 3. The first-order chi connectivity index (χ1) is 23.6. The summed E-state index contributed by atoms with van der Waals surface area (Å²) in [5, 5.41) is 24.7. The Labute approximate surface area is 291 Å². The number of ether oxygens (including phenoxy) is 1. The Hall–Kier alpha value is -3.94. The maximum Gasteiger partial charge on any atom is 0.410 e. The molecule has 1 N–H and O–H groups in total. The maximum absolute atomic E-state index is 14.3. The van der Waals surface area contributed by atoms with Crippen molar-refractivity contribution in [3.63, 3.8) is 0 Å². The van der Waals surface area contributed by atoms with Crippen molar-refractivity contribution in [3.05, 3.63) is 74.1 Å². The van der Waals surface area contributed by atoms with Gasteiger partial charge >= 0.3 is 11.8 Å². The van der Waals surface area contributed by atoms with Crippen molar-refractivity contribution in [2.24, 2.45) is 10.8 Å². The molecule has 1 amide bonds. The normalized spacial score (nSPS) is 19.8. The van der Waals surface area contributed by atoms with E-state index in [4.69, 9.17) is 4.74 Å². The molecule has 2 spiro atoms. The van der Waals surface area contributed by atoms with Crippen LogP contribution in [0.2, 0.25) is 0 Å². The van der Waals surface area contributed by atoms with Crippen molar-refractivity contribution in [2.45, 2.75) is 97.0 Å². The molecule has 3 saturated heterocycles. The van der Waals surface area contributed by atoms with E-state index in [9.17, 15) is 38.2 Å². The number of nitrogens with zero attached hydrogens (tertiary/aromatic N) is 4. The van der Waals surface area contributed by atoms with Gasteiger partial charge in [-0.2, -0.15) is 4.39 Å². The van der Waals surface area contributed by atoms with Crippen LogP contribution >= 0.6 is 0 Å². The van der Waals surface area contributed by atoms with E-state index >= 15 is 0 Å². The molecule has 0 unspecified atom stereocenters. The summed E-state index contributed by atoms with van der Waals surface area (Å²) in [4.78, 5) is 35.8. The highest BCUT2D eigenvalue weighted by molar-refractivity contribution is 5.68. The molecule has 0 radical (unpaired) electrons. The number of carbonyl (C=O) groups excluding carboxylic acids is 1. The standard InChI is InChI=1S/C20H28FN3O4.C10H19N.C6H3F2NO2/c1-19(2,3)28-18(25)23-11-5-8-20(14-23)9-12-22(13-10-20)17-15(21)6-4-7-16(17)24(26)27;1-2-4-10(5-3-1)6-8-11-9-7-10;7-4-2-1-3-5(6(4)8)9(10)11/h4,6-7H,5,8-14H2,1-3H3;11H,1-9H2;1-3H. The van der Waals surface area contributed by atoms with E-state index in [1.54, 1.807) is 9.80 Å². The molecule has 0 atom stereocenters. The predicted octanol–water partition coefficient (Wildman–Crippen LogP) is 8.54. The molecule has 11 nitrogen and oxygen atoms in total. The Morgan fingerprint density at radius 3 is 1.88 bits per heavy atom. The fourth-order valence-corrected chi connectivity index (χ4v) is 7.66. The smallest absolute Gasteiger partial charge is 0.410 e. The Morgan fingerprint density at radius 2 is 1.32 bits per heavy atom. The molecule has 14 heteroatoms. The molecule has 3 heterocycles. The third kappa shape index (κ3) is 10.3. The average molecular weight is 706 g/mol. The fraction of sp³-hybridized carbons (Fsp3) is 0.639. The number of piperidine rings is 3. The molecule has 0 aromatic heterocycles. The van der Waals surface area contributed by atoms with Crippen molar-refractivity contribution >= 4 is 23.2 Å². The summed E-state index contributed by atoms with van der Waals surface area (Å²) >= 11 is 0. The molecule has 2 aromatic carbocycles. The molecule has 3 aliphatic heterocycles. The van der Waals surface area contributed by atoms with Gasteiger partial charge in [-0.15, -0.1) is 0 Å². The van der Waals surface area contributed by atoms with Crippen LogP contribution in [0, 0.1) is 48.5 Å². The van der Waals surface area contributed by atoms with Crippen LogP contribution in [0.25, 0.3) is 0 Å². The minimum absolute atomic E-state index is 0.0360. The minimum Gasteiger partial charge on any atom is -0.444 e. The van der Waals surface area contributed by atoms with Crippen molar-refractivity contribution < 1.29 is 32.5 Å². The summed E-state index contributed by atoms with van der Waals surface area (Å²) in [6, 6.07) is 6.77. The molecular weight excluding hydrogens is 655 g/mol. The van der Waals surface area contributed by atoms with Gasteiger partial charge in [0.05, 0.1) is 9.85 Å². The molecule has 50 heavy (non-hydrogen) atoms. The lowest BCUT2D eigenvalue weighted by Crippen LogP contribution is -2.52. The van der Waals surface area contributed by atoms with Gasteiger partial charge in [-0.3, -0.25) is 20.2 Å². The van der Waals surface area contributed by atoms with Crippen molar-refractivity contribution in [1.29, 1.82) is 0 Å². The monoisotopic (exact) mass is 705 g/mol. The SMILES string of the molecule is C1CCC2(CC1)CCNCC2.CC(C)(C)OC(=O)N1CCCC2(CCN(c3c(F)cccc3[N+](=O)[O-])CC2)C1.O=[N+]([O-])c1cccc(F)c1F. The largest absolute Gasteiger partial charge is 0.444 e. The van der Waals surface area contributed by atoms with Gasteiger partial charge in [-0.1, -0.05) is 31.4 Å². The number of nitro groups is 2. The number of nitrogens with one attached hydrogen (secondary N) is 1. The second kappa shape index (κ2) is 16.8. The van der Waals surface area contributed by atoms with E-state index in [1.165, 1.54) is 76.2 Å². The van der Waals surface area contributed by atoms with Crippen molar-refractivity contribution in [1.82, 2.24) is 10.2 Å². The minimum atomic E-state index is -1.42. The Bertz CT molecular complexity index is 1460. The molecule has 4 fully saturated rings. The van der Waals surface area contributed by atoms with Crippen LogP contribution in [-0.4, -0.2) is 65.7 Å². The zero-order valence-corrected chi connectivity index (χ0v) is 29.4. The molecule has 6 rings (SSSR count). The van der Waals surface area contributed by atoms with Crippen LogP contribution < -0.4 is 10.2 Å². The number of amides is 1. The van der Waals surface area contributed by atoms with E-state index in [0.717, 1.165) is 49.3 Å². The van der Waals surface area contributed by atoms with E-state index in [-0.39, 0.29) is 22.9 Å². The topological polar surface area (TPSA) is 131 Å². The van der Waals surface area contributed by atoms with E-state index in [1.807, 2.05) is 20.8 Å². The van der Waals surface area contributed by atoms with Crippen LogP contribution in [0.1, 0.15) is 91.4 Å². The zero-order chi connectivity index (χ0) is 36.5. The lowest BCUT2D eigenvalue weighted by Gasteiger charge is -2.48. The van der Waals surface area contributed by atoms with E-state index in [0.29, 0.717) is 26.2 Å².